The zero-order valence-electron chi connectivity index (χ0n) is 10.8. The Hall–Kier alpha value is -1.38. The molecule has 0 aliphatic heterocycles. The summed E-state index contributed by atoms with van der Waals surface area (Å²) in [5.41, 5.74) is 0. The maximum atomic E-state index is 11.6. The smallest absolute Gasteiger partial charge is 0.328 e. The number of hydrogen-bond acceptors (Lipinski definition) is 5. The van der Waals surface area contributed by atoms with Crippen molar-refractivity contribution in [3.05, 3.63) is 0 Å². The van der Waals surface area contributed by atoms with Crippen LogP contribution in [0.4, 0.5) is 4.79 Å². The number of carbonyl (C=O) groups is 2. The number of carbonyl (C=O) groups excluding carboxylic acids is 1. The number of amides is 2. The van der Waals surface area contributed by atoms with Gasteiger partial charge in [-0.3, -0.25) is 0 Å². The third-order valence-electron chi connectivity index (χ3n) is 2.12. The third kappa shape index (κ3) is 6.38. The van der Waals surface area contributed by atoms with Crippen molar-refractivity contribution in [3.8, 4) is 0 Å². The quantitative estimate of drug-likeness (QED) is 0.504. The van der Waals surface area contributed by atoms with E-state index in [2.05, 4.69) is 10.1 Å². The van der Waals surface area contributed by atoms with Crippen molar-refractivity contribution in [2.75, 3.05) is 41.0 Å². The highest BCUT2D eigenvalue weighted by Gasteiger charge is 2.22. The topological polar surface area (TPSA) is 108 Å². The van der Waals surface area contributed by atoms with Gasteiger partial charge in [-0.15, -0.1) is 0 Å². The molecule has 2 unspecified atom stereocenters. The standard InChI is InChI=1S/C10H20N2O6/c1-12(4-7(13)5-17-2)10(16)11-8(6-18-3)9(14)15/h7-8,13H,4-6H2,1-3H3,(H,11,16)(H,14,15). The monoisotopic (exact) mass is 264 g/mol. The molecule has 0 aliphatic rings. The third-order valence-corrected chi connectivity index (χ3v) is 2.12. The van der Waals surface area contributed by atoms with Crippen LogP contribution in [0.3, 0.4) is 0 Å². The summed E-state index contributed by atoms with van der Waals surface area (Å²) in [4.78, 5) is 23.6. The van der Waals surface area contributed by atoms with E-state index in [1.165, 1.54) is 26.2 Å². The Morgan fingerprint density at radius 3 is 2.28 bits per heavy atom. The number of rotatable bonds is 8. The van der Waals surface area contributed by atoms with Crippen LogP contribution < -0.4 is 5.32 Å². The van der Waals surface area contributed by atoms with Crippen molar-refractivity contribution < 1.29 is 29.3 Å². The molecule has 18 heavy (non-hydrogen) atoms. The van der Waals surface area contributed by atoms with Crippen LogP contribution >= 0.6 is 0 Å². The molecule has 3 N–H and O–H groups in total. The largest absolute Gasteiger partial charge is 0.480 e. The number of methoxy groups -OCH3 is 2. The molecule has 0 aromatic rings. The molecule has 8 heteroatoms. The molecular formula is C10H20N2O6. The van der Waals surface area contributed by atoms with Crippen molar-refractivity contribution in [1.29, 1.82) is 0 Å². The lowest BCUT2D eigenvalue weighted by Crippen LogP contribution is -2.50. The van der Waals surface area contributed by atoms with Gasteiger partial charge in [0.2, 0.25) is 0 Å². The predicted molar refractivity (Wildman–Crippen MR) is 62.3 cm³/mol. The maximum Gasteiger partial charge on any atom is 0.328 e. The van der Waals surface area contributed by atoms with E-state index in [1.54, 1.807) is 0 Å². The molecule has 0 aromatic carbocycles. The van der Waals surface area contributed by atoms with Crippen molar-refractivity contribution in [2.45, 2.75) is 12.1 Å². The summed E-state index contributed by atoms with van der Waals surface area (Å²) in [5.74, 6) is -1.18. The highest BCUT2D eigenvalue weighted by Crippen LogP contribution is 1.94. The fourth-order valence-corrected chi connectivity index (χ4v) is 1.24. The molecule has 106 valence electrons. The molecule has 0 radical (unpaired) electrons. The van der Waals surface area contributed by atoms with Crippen LogP contribution in [0.1, 0.15) is 0 Å². The van der Waals surface area contributed by atoms with Gasteiger partial charge in [0.1, 0.15) is 0 Å². The lowest BCUT2D eigenvalue weighted by atomic mass is 10.3. The van der Waals surface area contributed by atoms with Crippen molar-refractivity contribution in [2.24, 2.45) is 0 Å². The molecule has 0 saturated heterocycles. The summed E-state index contributed by atoms with van der Waals surface area (Å²) in [6.07, 6.45) is -0.823. The SMILES string of the molecule is COCC(O)CN(C)C(=O)NC(COC)C(=O)O. The zero-order valence-corrected chi connectivity index (χ0v) is 10.8. The van der Waals surface area contributed by atoms with Crippen LogP contribution in [0.15, 0.2) is 0 Å². The molecular weight excluding hydrogens is 244 g/mol. The molecule has 2 amide bonds. The number of hydrogen-bond donors (Lipinski definition) is 3. The Bertz CT molecular complexity index is 273. The molecule has 0 aliphatic carbocycles. The van der Waals surface area contributed by atoms with Crippen LogP contribution in [0.5, 0.6) is 0 Å². The Balaban J connectivity index is 4.23. The Morgan fingerprint density at radius 2 is 1.83 bits per heavy atom. The Kier molecular flexibility index (Phi) is 8.01. The molecule has 8 nitrogen and oxygen atoms in total. The Labute approximate surface area is 105 Å². The van der Waals surface area contributed by atoms with E-state index in [9.17, 15) is 14.7 Å². The second-order valence-electron chi connectivity index (χ2n) is 3.79. The van der Waals surface area contributed by atoms with E-state index in [0.29, 0.717) is 0 Å². The highest BCUT2D eigenvalue weighted by atomic mass is 16.5. The van der Waals surface area contributed by atoms with Gasteiger partial charge >= 0.3 is 12.0 Å². The summed E-state index contributed by atoms with van der Waals surface area (Å²) < 4.78 is 9.40. The minimum Gasteiger partial charge on any atom is -0.480 e. The van der Waals surface area contributed by atoms with Crippen LogP contribution in [-0.4, -0.2) is 80.3 Å². The molecule has 0 aromatic heterocycles. The summed E-state index contributed by atoms with van der Waals surface area (Å²) in [7, 11) is 4.22. The first-order valence-electron chi connectivity index (χ1n) is 5.32. The average Bonchev–Trinajstić information content (AvgIpc) is 2.28. The van der Waals surface area contributed by atoms with Crippen molar-refractivity contribution >= 4 is 12.0 Å². The van der Waals surface area contributed by atoms with Crippen molar-refractivity contribution in [3.63, 3.8) is 0 Å². The van der Waals surface area contributed by atoms with Gasteiger partial charge in [-0.1, -0.05) is 0 Å². The maximum absolute atomic E-state index is 11.6. The minimum absolute atomic E-state index is 0.0407. The summed E-state index contributed by atoms with van der Waals surface area (Å²) in [6, 6.07) is -1.72. The van der Waals surface area contributed by atoms with Gasteiger partial charge in [0.05, 0.1) is 25.9 Å². The zero-order chi connectivity index (χ0) is 14.1. The normalized spacial score (nSPS) is 13.8. The number of aliphatic carboxylic acids is 1. The first-order chi connectivity index (χ1) is 8.42. The van der Waals surface area contributed by atoms with Gasteiger partial charge in [0.15, 0.2) is 6.04 Å². The fraction of sp³-hybridized carbons (Fsp3) is 0.800. The van der Waals surface area contributed by atoms with E-state index in [0.717, 1.165) is 0 Å². The molecule has 0 heterocycles. The molecule has 0 rings (SSSR count). The molecule has 0 fully saturated rings. The minimum atomic E-state index is -1.18. The van der Waals surface area contributed by atoms with Crippen LogP contribution in [0.2, 0.25) is 0 Å². The molecule has 0 spiro atoms. The number of likely N-dealkylation sites (N-methyl/N-ethyl adjacent to an activating group) is 1. The van der Waals surface area contributed by atoms with Gasteiger partial charge in [0, 0.05) is 21.3 Å². The Morgan fingerprint density at radius 1 is 1.28 bits per heavy atom. The number of urea groups is 1. The second-order valence-corrected chi connectivity index (χ2v) is 3.79. The highest BCUT2D eigenvalue weighted by molar-refractivity contribution is 5.82. The second kappa shape index (κ2) is 8.67. The number of nitrogens with zero attached hydrogens (tertiary/aromatic N) is 1. The van der Waals surface area contributed by atoms with E-state index >= 15 is 0 Å². The summed E-state index contributed by atoms with van der Waals surface area (Å²) in [5, 5.41) is 20.5. The first kappa shape index (κ1) is 16.6. The van der Waals surface area contributed by atoms with Gasteiger partial charge in [-0.05, 0) is 0 Å². The lowest BCUT2D eigenvalue weighted by Gasteiger charge is -2.23. The van der Waals surface area contributed by atoms with Gasteiger partial charge in [-0.25, -0.2) is 9.59 Å². The van der Waals surface area contributed by atoms with Crippen molar-refractivity contribution in [1.82, 2.24) is 10.2 Å². The lowest BCUT2D eigenvalue weighted by molar-refractivity contribution is -0.140. The van der Waals surface area contributed by atoms with E-state index in [4.69, 9.17) is 9.84 Å². The van der Waals surface area contributed by atoms with E-state index in [-0.39, 0.29) is 19.8 Å². The summed E-state index contributed by atoms with van der Waals surface area (Å²) >= 11 is 0. The van der Waals surface area contributed by atoms with Crippen LogP contribution in [0.25, 0.3) is 0 Å². The number of aliphatic hydroxyl groups excluding tert-OH is 1. The number of nitrogens with one attached hydrogen (secondary N) is 1. The number of ether oxygens (including phenoxy) is 2. The molecule has 0 saturated carbocycles. The van der Waals surface area contributed by atoms with E-state index < -0.39 is 24.1 Å². The molecule has 0 bridgehead atoms. The predicted octanol–water partition coefficient (Wildman–Crippen LogP) is -1.27. The summed E-state index contributed by atoms with van der Waals surface area (Å²) in [6.45, 7) is 0.00653. The van der Waals surface area contributed by atoms with Crippen LogP contribution in [-0.2, 0) is 14.3 Å². The van der Waals surface area contributed by atoms with Gasteiger partial charge in [0.25, 0.3) is 0 Å². The van der Waals surface area contributed by atoms with Gasteiger partial charge in [-0.2, -0.15) is 0 Å². The number of carboxylic acid groups (broad SMARTS) is 1. The fourth-order valence-electron chi connectivity index (χ4n) is 1.24. The number of carboxylic acids is 1. The molecule has 2 atom stereocenters. The first-order valence-corrected chi connectivity index (χ1v) is 5.32. The number of aliphatic hydroxyl groups is 1. The van der Waals surface area contributed by atoms with E-state index in [1.807, 2.05) is 0 Å². The van der Waals surface area contributed by atoms with Gasteiger partial charge < -0.3 is 29.9 Å². The average molecular weight is 264 g/mol. The van der Waals surface area contributed by atoms with Crippen LogP contribution in [0, 0.1) is 0 Å².